The first-order valence-corrected chi connectivity index (χ1v) is 7.92. The summed E-state index contributed by atoms with van der Waals surface area (Å²) < 4.78 is 5.22. The van der Waals surface area contributed by atoms with Crippen molar-refractivity contribution in [2.45, 2.75) is 13.8 Å². The molecule has 3 rings (SSSR count). The number of fused-ring (bicyclic) bond motifs is 1. The lowest BCUT2D eigenvalue weighted by Crippen LogP contribution is -2.41. The molecule has 0 fully saturated rings. The van der Waals surface area contributed by atoms with Crippen LogP contribution >= 0.6 is 11.6 Å². The van der Waals surface area contributed by atoms with Gasteiger partial charge in [-0.25, -0.2) is 4.79 Å². The third-order valence-electron chi connectivity index (χ3n) is 3.80. The molecule has 2 aromatic carbocycles. The molecule has 0 unspecified atom stereocenters. The second kappa shape index (κ2) is 6.53. The summed E-state index contributed by atoms with van der Waals surface area (Å²) >= 11 is 5.92. The number of halogens is 1. The third kappa shape index (κ3) is 3.51. The Kier molecular flexibility index (Phi) is 4.44. The number of esters is 1. The van der Waals surface area contributed by atoms with E-state index in [2.05, 4.69) is 5.32 Å². The Bertz CT molecular complexity index is 820. The topological polar surface area (TPSA) is 58.6 Å². The van der Waals surface area contributed by atoms with Crippen LogP contribution in [0.25, 0.3) is 0 Å². The Hall–Kier alpha value is -2.53. The molecule has 0 atom stereocenters. The van der Waals surface area contributed by atoms with Gasteiger partial charge >= 0.3 is 5.97 Å². The number of carbonyl (C=O) groups is 2. The number of ether oxygens (including phenoxy) is 1. The minimum atomic E-state index is -0.373. The van der Waals surface area contributed by atoms with Gasteiger partial charge in [-0.15, -0.1) is 0 Å². The van der Waals surface area contributed by atoms with Crippen molar-refractivity contribution < 1.29 is 14.3 Å². The monoisotopic (exact) mass is 344 g/mol. The molecule has 2 aromatic rings. The number of hydrogen-bond donors (Lipinski definition) is 1. The van der Waals surface area contributed by atoms with Gasteiger partial charge in [-0.1, -0.05) is 17.7 Å². The van der Waals surface area contributed by atoms with Gasteiger partial charge in [0.25, 0.3) is 0 Å². The molecule has 24 heavy (non-hydrogen) atoms. The maximum atomic E-state index is 12.4. The SMILES string of the molecule is Cc1ccc2c(c1)N(CC(=O)Nc1ccc(Cl)cc1C)CC(=O)O2. The highest BCUT2D eigenvalue weighted by Crippen LogP contribution is 2.32. The van der Waals surface area contributed by atoms with E-state index in [1.54, 1.807) is 29.2 Å². The summed E-state index contributed by atoms with van der Waals surface area (Å²) in [6.45, 7) is 3.93. The first-order chi connectivity index (χ1) is 11.4. The molecule has 5 nitrogen and oxygen atoms in total. The molecule has 1 heterocycles. The van der Waals surface area contributed by atoms with E-state index in [1.807, 2.05) is 26.0 Å². The second-order valence-corrected chi connectivity index (χ2v) is 6.25. The van der Waals surface area contributed by atoms with Crippen molar-refractivity contribution in [1.29, 1.82) is 0 Å². The number of hydrogen-bond acceptors (Lipinski definition) is 4. The van der Waals surface area contributed by atoms with Gasteiger partial charge in [-0.05, 0) is 55.3 Å². The highest BCUT2D eigenvalue weighted by molar-refractivity contribution is 6.30. The van der Waals surface area contributed by atoms with Crippen molar-refractivity contribution in [3.63, 3.8) is 0 Å². The van der Waals surface area contributed by atoms with Crippen molar-refractivity contribution >= 4 is 34.9 Å². The van der Waals surface area contributed by atoms with Gasteiger partial charge in [0.1, 0.15) is 6.54 Å². The normalized spacial score (nSPS) is 13.3. The molecule has 1 aliphatic rings. The first-order valence-electron chi connectivity index (χ1n) is 7.54. The summed E-state index contributed by atoms with van der Waals surface area (Å²) in [6.07, 6.45) is 0. The fraction of sp³-hybridized carbons (Fsp3) is 0.222. The van der Waals surface area contributed by atoms with Crippen LogP contribution in [0.3, 0.4) is 0 Å². The number of benzene rings is 2. The van der Waals surface area contributed by atoms with E-state index >= 15 is 0 Å². The maximum Gasteiger partial charge on any atom is 0.331 e. The number of anilines is 2. The van der Waals surface area contributed by atoms with E-state index in [-0.39, 0.29) is 25.0 Å². The molecule has 0 aromatic heterocycles. The molecular weight excluding hydrogens is 328 g/mol. The number of aryl methyl sites for hydroxylation is 2. The van der Waals surface area contributed by atoms with Gasteiger partial charge in [0.15, 0.2) is 5.75 Å². The van der Waals surface area contributed by atoms with Crippen molar-refractivity contribution in [2.75, 3.05) is 23.3 Å². The van der Waals surface area contributed by atoms with Crippen molar-refractivity contribution in [3.8, 4) is 5.75 Å². The van der Waals surface area contributed by atoms with E-state index < -0.39 is 0 Å². The van der Waals surface area contributed by atoms with Gasteiger partial charge in [0.2, 0.25) is 5.91 Å². The van der Waals surface area contributed by atoms with E-state index in [0.29, 0.717) is 16.5 Å². The average Bonchev–Trinajstić information content (AvgIpc) is 2.51. The lowest BCUT2D eigenvalue weighted by atomic mass is 10.1. The zero-order chi connectivity index (χ0) is 17.3. The Morgan fingerprint density at radius 3 is 2.79 bits per heavy atom. The molecule has 0 saturated carbocycles. The van der Waals surface area contributed by atoms with Crippen LogP contribution in [0, 0.1) is 13.8 Å². The van der Waals surface area contributed by atoms with Crippen molar-refractivity contribution in [1.82, 2.24) is 0 Å². The summed E-state index contributed by atoms with van der Waals surface area (Å²) in [5.41, 5.74) is 3.36. The molecular formula is C18H17ClN2O3. The highest BCUT2D eigenvalue weighted by Gasteiger charge is 2.25. The molecule has 6 heteroatoms. The van der Waals surface area contributed by atoms with E-state index in [0.717, 1.165) is 16.8 Å². The van der Waals surface area contributed by atoms with E-state index in [9.17, 15) is 9.59 Å². The Labute approximate surface area is 145 Å². The van der Waals surface area contributed by atoms with Gasteiger partial charge in [-0.3, -0.25) is 4.79 Å². The fourth-order valence-corrected chi connectivity index (χ4v) is 2.85. The van der Waals surface area contributed by atoms with E-state index in [4.69, 9.17) is 16.3 Å². The van der Waals surface area contributed by atoms with Crippen LogP contribution in [0.5, 0.6) is 5.75 Å². The maximum absolute atomic E-state index is 12.4. The van der Waals surface area contributed by atoms with Crippen molar-refractivity contribution in [2.24, 2.45) is 0 Å². The molecule has 0 radical (unpaired) electrons. The summed E-state index contributed by atoms with van der Waals surface area (Å²) in [7, 11) is 0. The summed E-state index contributed by atoms with van der Waals surface area (Å²) in [5, 5.41) is 3.47. The number of carbonyl (C=O) groups excluding carboxylic acids is 2. The quantitative estimate of drug-likeness (QED) is 0.685. The minimum Gasteiger partial charge on any atom is -0.423 e. The van der Waals surface area contributed by atoms with Gasteiger partial charge < -0.3 is 15.0 Å². The van der Waals surface area contributed by atoms with E-state index in [1.165, 1.54) is 0 Å². The Morgan fingerprint density at radius 2 is 2.04 bits per heavy atom. The molecule has 1 amide bonds. The number of rotatable bonds is 3. The molecule has 0 bridgehead atoms. The van der Waals surface area contributed by atoms with Crippen LogP contribution < -0.4 is 15.0 Å². The summed E-state index contributed by atoms with van der Waals surface area (Å²) in [5.74, 6) is -0.100. The predicted molar refractivity (Wildman–Crippen MR) is 93.8 cm³/mol. The smallest absolute Gasteiger partial charge is 0.331 e. The number of nitrogens with one attached hydrogen (secondary N) is 1. The van der Waals surface area contributed by atoms with Crippen LogP contribution in [0.4, 0.5) is 11.4 Å². The predicted octanol–water partition coefficient (Wildman–Crippen LogP) is 3.32. The van der Waals surface area contributed by atoms with Gasteiger partial charge in [0.05, 0.1) is 12.2 Å². The largest absolute Gasteiger partial charge is 0.423 e. The zero-order valence-corrected chi connectivity index (χ0v) is 14.2. The zero-order valence-electron chi connectivity index (χ0n) is 13.4. The number of amides is 1. The minimum absolute atomic E-state index is 0.0451. The molecule has 124 valence electrons. The molecule has 0 saturated heterocycles. The molecule has 0 aliphatic carbocycles. The second-order valence-electron chi connectivity index (χ2n) is 5.81. The standard InChI is InChI=1S/C18H17ClN2O3/c1-11-3-6-16-15(7-11)21(10-18(23)24-16)9-17(22)20-14-5-4-13(19)8-12(14)2/h3-8H,9-10H2,1-2H3,(H,20,22). The molecule has 0 spiro atoms. The molecule has 1 N–H and O–H groups in total. The van der Waals surface area contributed by atoms with Crippen LogP contribution in [-0.2, 0) is 9.59 Å². The number of nitrogens with zero attached hydrogens (tertiary/aromatic N) is 1. The first kappa shape index (κ1) is 16.3. The average molecular weight is 345 g/mol. The highest BCUT2D eigenvalue weighted by atomic mass is 35.5. The Balaban J connectivity index is 1.77. The van der Waals surface area contributed by atoms with Gasteiger partial charge in [-0.2, -0.15) is 0 Å². The fourth-order valence-electron chi connectivity index (χ4n) is 2.63. The Morgan fingerprint density at radius 1 is 1.25 bits per heavy atom. The van der Waals surface area contributed by atoms with Crippen LogP contribution in [0.2, 0.25) is 5.02 Å². The summed E-state index contributed by atoms with van der Waals surface area (Å²) in [4.78, 5) is 25.8. The summed E-state index contributed by atoms with van der Waals surface area (Å²) in [6, 6.07) is 10.8. The third-order valence-corrected chi connectivity index (χ3v) is 4.03. The van der Waals surface area contributed by atoms with Crippen LogP contribution in [0.15, 0.2) is 36.4 Å². The van der Waals surface area contributed by atoms with Gasteiger partial charge in [0, 0.05) is 10.7 Å². The van der Waals surface area contributed by atoms with Crippen LogP contribution in [-0.4, -0.2) is 25.0 Å². The van der Waals surface area contributed by atoms with Crippen molar-refractivity contribution in [3.05, 3.63) is 52.5 Å². The van der Waals surface area contributed by atoms with Crippen LogP contribution in [0.1, 0.15) is 11.1 Å². The lowest BCUT2D eigenvalue weighted by Gasteiger charge is -2.29. The molecule has 1 aliphatic heterocycles. The lowest BCUT2D eigenvalue weighted by molar-refractivity contribution is -0.133.